The molecule has 0 aromatic heterocycles. The van der Waals surface area contributed by atoms with Crippen LogP contribution in [0.1, 0.15) is 37.7 Å². The van der Waals surface area contributed by atoms with Gasteiger partial charge in [-0.05, 0) is 37.4 Å². The van der Waals surface area contributed by atoms with Crippen molar-refractivity contribution in [3.8, 4) is 0 Å². The first-order valence-electron chi connectivity index (χ1n) is 11.7. The summed E-state index contributed by atoms with van der Waals surface area (Å²) in [7, 11) is 0. The number of nitrogens with one attached hydrogen (secondary N) is 1. The van der Waals surface area contributed by atoms with E-state index in [9.17, 15) is 30.5 Å². The molecule has 33 heavy (non-hydrogen) atoms. The number of unbranched alkanes of at least 4 members (excludes halogenated alkanes) is 3. The van der Waals surface area contributed by atoms with Crippen molar-refractivity contribution in [1.29, 1.82) is 0 Å². The van der Waals surface area contributed by atoms with Crippen LogP contribution in [0.3, 0.4) is 0 Å². The third-order valence-electron chi connectivity index (χ3n) is 6.35. The van der Waals surface area contributed by atoms with Gasteiger partial charge in [-0.1, -0.05) is 18.9 Å². The van der Waals surface area contributed by atoms with E-state index in [2.05, 4.69) is 5.32 Å². The molecular weight excluding hydrogens is 432 g/mol. The van der Waals surface area contributed by atoms with Crippen LogP contribution >= 0.6 is 0 Å². The number of rotatable bonds is 12. The van der Waals surface area contributed by atoms with Gasteiger partial charge in [0, 0.05) is 32.2 Å². The van der Waals surface area contributed by atoms with Crippen molar-refractivity contribution in [2.24, 2.45) is 0 Å². The summed E-state index contributed by atoms with van der Waals surface area (Å²) in [5.41, 5.74) is 1.41. The molecule has 2 aliphatic heterocycles. The first-order valence-corrected chi connectivity index (χ1v) is 11.7. The van der Waals surface area contributed by atoms with Crippen LogP contribution in [0.2, 0.25) is 0 Å². The van der Waals surface area contributed by atoms with Crippen LogP contribution in [0, 0.1) is 10.1 Å². The highest BCUT2D eigenvalue weighted by Gasteiger charge is 2.40. The van der Waals surface area contributed by atoms with E-state index in [1.807, 2.05) is 16.0 Å². The summed E-state index contributed by atoms with van der Waals surface area (Å²) in [5.74, 6) is 0. The maximum Gasteiger partial charge on any atom is 0.292 e. The molecule has 2 saturated heterocycles. The topological polar surface area (TPSA) is 152 Å². The zero-order valence-corrected chi connectivity index (χ0v) is 18.9. The molecule has 2 aliphatic rings. The second-order valence-corrected chi connectivity index (χ2v) is 8.79. The lowest BCUT2D eigenvalue weighted by Crippen LogP contribution is -2.62. The zero-order chi connectivity index (χ0) is 23.8. The van der Waals surface area contributed by atoms with E-state index in [0.29, 0.717) is 31.9 Å². The van der Waals surface area contributed by atoms with Crippen LogP contribution < -0.4 is 5.32 Å². The predicted octanol–water partition coefficient (Wildman–Crippen LogP) is 0.464. The number of hydroxylamine groups is 2. The normalized spacial score (nSPS) is 26.5. The number of likely N-dealkylation sites (tertiary alicyclic amines) is 1. The summed E-state index contributed by atoms with van der Waals surface area (Å²) in [6.07, 6.45) is 1.00. The van der Waals surface area contributed by atoms with Crippen molar-refractivity contribution in [3.63, 3.8) is 0 Å². The van der Waals surface area contributed by atoms with Gasteiger partial charge in [-0.15, -0.1) is 0 Å². The minimum absolute atomic E-state index is 0.0612. The second kappa shape index (κ2) is 12.6. The van der Waals surface area contributed by atoms with Gasteiger partial charge in [0.05, 0.1) is 30.3 Å². The van der Waals surface area contributed by atoms with Crippen LogP contribution in [-0.4, -0.2) is 99.1 Å². The Kier molecular flexibility index (Phi) is 9.80. The van der Waals surface area contributed by atoms with Gasteiger partial charge in [0.25, 0.3) is 5.69 Å². The lowest BCUT2D eigenvalue weighted by Gasteiger charge is -2.43. The number of nitro benzene ring substituents is 1. The van der Waals surface area contributed by atoms with E-state index < -0.39 is 24.4 Å². The standard InChI is InChI=1S/C22H36N4O7/c27-15-19-21(29)22(30)20(28)14-24(19)9-4-2-1-3-8-23-17-7-6-16(12-18(17)26(31)32)13-25-10-5-11-33-25/h6-7,12,19-23,27-30H,1-5,8-11,13-15H2/t19?,20?,21?,22-/m0/s1. The Labute approximate surface area is 193 Å². The minimum atomic E-state index is -1.24. The predicted molar refractivity (Wildman–Crippen MR) is 122 cm³/mol. The maximum atomic E-state index is 11.5. The molecule has 11 nitrogen and oxygen atoms in total. The Hall–Kier alpha value is -1.86. The van der Waals surface area contributed by atoms with Gasteiger partial charge in [0.15, 0.2) is 0 Å². The maximum absolute atomic E-state index is 11.5. The number of anilines is 1. The number of nitrogens with zero attached hydrogens (tertiary/aromatic N) is 3. The fraction of sp³-hybridized carbons (Fsp3) is 0.727. The Morgan fingerprint density at radius 3 is 2.64 bits per heavy atom. The first kappa shape index (κ1) is 25.8. The third-order valence-corrected chi connectivity index (χ3v) is 6.35. The lowest BCUT2D eigenvalue weighted by molar-refractivity contribution is -0.384. The molecule has 4 atom stereocenters. The number of nitro groups is 1. The van der Waals surface area contributed by atoms with Gasteiger partial charge in [-0.25, -0.2) is 0 Å². The smallest absolute Gasteiger partial charge is 0.292 e. The molecule has 2 heterocycles. The van der Waals surface area contributed by atoms with E-state index in [4.69, 9.17) is 4.84 Å². The Morgan fingerprint density at radius 1 is 1.15 bits per heavy atom. The SMILES string of the molecule is O=[N+]([O-])c1cc(CN2CCCO2)ccc1NCCCCCCN1CC(O)[C@H](O)C(O)C1CO. The highest BCUT2D eigenvalue weighted by Crippen LogP contribution is 2.27. The molecule has 0 radical (unpaired) electrons. The van der Waals surface area contributed by atoms with Crippen molar-refractivity contribution in [2.75, 3.05) is 44.7 Å². The monoisotopic (exact) mass is 468 g/mol. The van der Waals surface area contributed by atoms with E-state index in [-0.39, 0.29) is 23.8 Å². The molecule has 0 amide bonds. The van der Waals surface area contributed by atoms with Gasteiger partial charge in [0.1, 0.15) is 17.9 Å². The summed E-state index contributed by atoms with van der Waals surface area (Å²) >= 11 is 0. The highest BCUT2D eigenvalue weighted by molar-refractivity contribution is 5.62. The lowest BCUT2D eigenvalue weighted by atomic mass is 9.94. The molecule has 5 N–H and O–H groups in total. The highest BCUT2D eigenvalue weighted by atomic mass is 16.7. The number of hydrogen-bond acceptors (Lipinski definition) is 10. The minimum Gasteiger partial charge on any atom is -0.395 e. The Morgan fingerprint density at radius 2 is 1.94 bits per heavy atom. The fourth-order valence-electron chi connectivity index (χ4n) is 4.46. The molecular formula is C22H36N4O7. The number of benzene rings is 1. The van der Waals surface area contributed by atoms with Gasteiger partial charge < -0.3 is 25.7 Å². The molecule has 186 valence electrons. The molecule has 1 aromatic carbocycles. The van der Waals surface area contributed by atoms with Gasteiger partial charge in [0.2, 0.25) is 0 Å². The van der Waals surface area contributed by atoms with Crippen LogP contribution in [0.15, 0.2) is 18.2 Å². The summed E-state index contributed by atoms with van der Waals surface area (Å²) in [5, 5.41) is 55.7. The van der Waals surface area contributed by atoms with Gasteiger partial charge in [-0.3, -0.25) is 19.9 Å². The molecule has 0 aliphatic carbocycles. The van der Waals surface area contributed by atoms with Crippen molar-refractivity contribution in [3.05, 3.63) is 33.9 Å². The zero-order valence-electron chi connectivity index (χ0n) is 18.9. The van der Waals surface area contributed by atoms with Gasteiger partial charge >= 0.3 is 0 Å². The number of aliphatic hydroxyl groups is 4. The fourth-order valence-corrected chi connectivity index (χ4v) is 4.46. The van der Waals surface area contributed by atoms with Crippen molar-refractivity contribution < 1.29 is 30.2 Å². The number of β-amino-alcohol motifs (C(OH)–C–C–N with tert-alkyl or cyclic N) is 1. The first-order chi connectivity index (χ1) is 15.9. The quantitative estimate of drug-likeness (QED) is 0.166. The van der Waals surface area contributed by atoms with E-state index in [1.165, 1.54) is 0 Å². The van der Waals surface area contributed by atoms with Crippen LogP contribution in [0.25, 0.3) is 0 Å². The van der Waals surface area contributed by atoms with Crippen LogP contribution in [-0.2, 0) is 11.4 Å². The third kappa shape index (κ3) is 7.06. The molecule has 11 heteroatoms. The number of aliphatic hydroxyl groups excluding tert-OH is 4. The molecule has 3 rings (SSSR count). The van der Waals surface area contributed by atoms with Crippen LogP contribution in [0.5, 0.6) is 0 Å². The van der Waals surface area contributed by atoms with E-state index >= 15 is 0 Å². The van der Waals surface area contributed by atoms with Crippen LogP contribution in [0.4, 0.5) is 11.4 Å². The second-order valence-electron chi connectivity index (χ2n) is 8.79. The average molecular weight is 469 g/mol. The molecule has 0 spiro atoms. The largest absolute Gasteiger partial charge is 0.395 e. The summed E-state index contributed by atoms with van der Waals surface area (Å²) in [6, 6.07) is 4.65. The number of piperidine rings is 1. The summed E-state index contributed by atoms with van der Waals surface area (Å²) in [4.78, 5) is 18.4. The Balaban J connectivity index is 1.38. The summed E-state index contributed by atoms with van der Waals surface area (Å²) < 4.78 is 0. The molecule has 2 fully saturated rings. The molecule has 0 bridgehead atoms. The molecule has 1 aromatic rings. The summed E-state index contributed by atoms with van der Waals surface area (Å²) in [6.45, 7) is 3.20. The van der Waals surface area contributed by atoms with Gasteiger partial charge in [-0.2, -0.15) is 5.06 Å². The Bertz CT molecular complexity index is 762. The van der Waals surface area contributed by atoms with Crippen molar-refractivity contribution in [2.45, 2.75) is 63.0 Å². The average Bonchev–Trinajstić information content (AvgIpc) is 3.30. The van der Waals surface area contributed by atoms with E-state index in [1.54, 1.807) is 12.1 Å². The van der Waals surface area contributed by atoms with Crippen molar-refractivity contribution in [1.82, 2.24) is 9.96 Å². The van der Waals surface area contributed by atoms with E-state index in [0.717, 1.165) is 44.2 Å². The molecule has 0 saturated carbocycles. The van der Waals surface area contributed by atoms with Crippen molar-refractivity contribution >= 4 is 11.4 Å². The molecule has 3 unspecified atom stereocenters. The number of hydrogen-bond donors (Lipinski definition) is 5.